The van der Waals surface area contributed by atoms with Crippen LogP contribution in [-0.4, -0.2) is 4.57 Å². The van der Waals surface area contributed by atoms with Crippen molar-refractivity contribution in [1.82, 2.24) is 4.57 Å². The highest BCUT2D eigenvalue weighted by Gasteiger charge is 2.45. The van der Waals surface area contributed by atoms with E-state index in [-0.39, 0.29) is 11.5 Å². The van der Waals surface area contributed by atoms with E-state index in [1.165, 1.54) is 70.7 Å². The van der Waals surface area contributed by atoms with Crippen LogP contribution in [0.15, 0.2) is 180 Å². The lowest BCUT2D eigenvalue weighted by molar-refractivity contribution is 0.514. The number of benzene rings is 7. The summed E-state index contributed by atoms with van der Waals surface area (Å²) in [6.45, 7) is 4.61. The van der Waals surface area contributed by atoms with Gasteiger partial charge in [-0.25, -0.2) is 0 Å². The fraction of sp³-hybridized carbons (Fsp3) is 0.0870. The van der Waals surface area contributed by atoms with E-state index >= 15 is 0 Å². The molecular formula is C46H36N2S. The lowest BCUT2D eigenvalue weighted by Gasteiger charge is -2.33. The van der Waals surface area contributed by atoms with Crippen LogP contribution >= 0.6 is 11.8 Å². The number of para-hydroxylation sites is 1. The molecule has 1 N–H and O–H groups in total. The van der Waals surface area contributed by atoms with E-state index in [2.05, 4.69) is 194 Å². The monoisotopic (exact) mass is 648 g/mol. The molecule has 3 heteroatoms. The minimum atomic E-state index is -0.269. The lowest BCUT2D eigenvalue weighted by atomic mass is 9.71. The first-order chi connectivity index (χ1) is 24.1. The van der Waals surface area contributed by atoms with Gasteiger partial charge in [0.2, 0.25) is 0 Å². The van der Waals surface area contributed by atoms with Gasteiger partial charge in [-0.1, -0.05) is 139 Å². The van der Waals surface area contributed by atoms with Gasteiger partial charge < -0.3 is 9.88 Å². The van der Waals surface area contributed by atoms with Crippen LogP contribution in [0.4, 0.5) is 5.69 Å². The summed E-state index contributed by atoms with van der Waals surface area (Å²) in [5.41, 5.74) is 12.2. The number of aryl methyl sites for hydroxylation is 1. The molecule has 0 fully saturated rings. The van der Waals surface area contributed by atoms with Gasteiger partial charge in [-0.2, -0.15) is 0 Å². The largest absolute Gasteiger partial charge is 0.377 e. The third kappa shape index (κ3) is 4.88. The van der Waals surface area contributed by atoms with E-state index in [9.17, 15) is 0 Å². The van der Waals surface area contributed by atoms with Crippen molar-refractivity contribution in [3.8, 4) is 16.8 Å². The van der Waals surface area contributed by atoms with Crippen molar-refractivity contribution < 1.29 is 0 Å². The molecule has 2 atom stereocenters. The number of anilines is 1. The first-order valence-electron chi connectivity index (χ1n) is 17.0. The van der Waals surface area contributed by atoms with Crippen molar-refractivity contribution in [3.63, 3.8) is 0 Å². The molecule has 8 aromatic rings. The zero-order valence-corrected chi connectivity index (χ0v) is 28.4. The maximum Gasteiger partial charge on any atom is 0.0649 e. The first-order valence-corrected chi connectivity index (χ1v) is 17.8. The van der Waals surface area contributed by atoms with Crippen LogP contribution < -0.4 is 5.32 Å². The Hall–Kier alpha value is -5.51. The summed E-state index contributed by atoms with van der Waals surface area (Å²) in [6.07, 6.45) is 0. The second-order valence-electron chi connectivity index (χ2n) is 13.2. The summed E-state index contributed by atoms with van der Waals surface area (Å²) in [4.78, 5) is 2.55. The van der Waals surface area contributed by atoms with Gasteiger partial charge in [-0.15, -0.1) is 0 Å². The molecule has 0 radical (unpaired) electrons. The average molecular weight is 649 g/mol. The quantitative estimate of drug-likeness (QED) is 0.193. The molecule has 0 saturated heterocycles. The van der Waals surface area contributed by atoms with Crippen LogP contribution in [0.25, 0.3) is 38.6 Å². The van der Waals surface area contributed by atoms with Crippen LogP contribution in [0.2, 0.25) is 0 Å². The molecule has 0 aliphatic carbocycles. The Morgan fingerprint density at radius 1 is 0.612 bits per heavy atom. The summed E-state index contributed by atoms with van der Waals surface area (Å²) in [6, 6.07) is 62.1. The van der Waals surface area contributed by atoms with E-state index in [0.717, 1.165) is 5.69 Å². The number of nitrogens with zero attached hydrogens (tertiary/aromatic N) is 1. The van der Waals surface area contributed by atoms with Crippen molar-refractivity contribution >= 4 is 39.3 Å². The molecule has 7 aromatic carbocycles. The Bertz CT molecular complexity index is 2450. The van der Waals surface area contributed by atoms with Crippen LogP contribution in [0.1, 0.15) is 35.2 Å². The molecule has 1 aliphatic heterocycles. The predicted molar refractivity (Wildman–Crippen MR) is 207 cm³/mol. The highest BCUT2D eigenvalue weighted by atomic mass is 32.2. The number of nitrogens with one attached hydrogen (secondary N) is 1. The molecule has 0 saturated carbocycles. The minimum absolute atomic E-state index is 0.105. The topological polar surface area (TPSA) is 17.0 Å². The SMILES string of the molecule is Cc1cccc(-c2ccc(-n3c4ccccc4c4cc5c(cc43)C(C)(c3ccccc3)C(c3ccccc3)N5)cc2)c1Sc1ccccc1. The van der Waals surface area contributed by atoms with Gasteiger partial charge in [0.1, 0.15) is 0 Å². The first kappa shape index (κ1) is 29.6. The van der Waals surface area contributed by atoms with Gasteiger partial charge in [0.25, 0.3) is 0 Å². The Morgan fingerprint density at radius 3 is 2.04 bits per heavy atom. The molecule has 49 heavy (non-hydrogen) atoms. The Kier molecular flexibility index (Phi) is 7.18. The lowest BCUT2D eigenvalue weighted by Crippen LogP contribution is -2.30. The molecule has 1 aliphatic rings. The van der Waals surface area contributed by atoms with Crippen LogP contribution in [0.3, 0.4) is 0 Å². The van der Waals surface area contributed by atoms with Gasteiger partial charge in [-0.3, -0.25) is 0 Å². The van der Waals surface area contributed by atoms with E-state index < -0.39 is 0 Å². The summed E-state index contributed by atoms with van der Waals surface area (Å²) >= 11 is 1.84. The molecule has 2 unspecified atom stereocenters. The summed E-state index contributed by atoms with van der Waals surface area (Å²) in [5, 5.41) is 6.51. The van der Waals surface area contributed by atoms with Crippen molar-refractivity contribution in [2.24, 2.45) is 0 Å². The van der Waals surface area contributed by atoms with Gasteiger partial charge >= 0.3 is 0 Å². The third-order valence-electron chi connectivity index (χ3n) is 10.4. The molecule has 236 valence electrons. The highest BCUT2D eigenvalue weighted by Crippen LogP contribution is 2.54. The van der Waals surface area contributed by atoms with Crippen molar-refractivity contribution in [3.05, 3.63) is 192 Å². The van der Waals surface area contributed by atoms with Gasteiger partial charge in [0, 0.05) is 37.4 Å². The second-order valence-corrected chi connectivity index (χ2v) is 14.3. The van der Waals surface area contributed by atoms with E-state index in [1.54, 1.807) is 0 Å². The molecule has 9 rings (SSSR count). The molecule has 0 bridgehead atoms. The van der Waals surface area contributed by atoms with Gasteiger partial charge in [0.05, 0.1) is 17.1 Å². The molecule has 0 spiro atoms. The summed E-state index contributed by atoms with van der Waals surface area (Å²) in [5.74, 6) is 0. The molecule has 2 heterocycles. The zero-order chi connectivity index (χ0) is 33.0. The normalized spacial score (nSPS) is 16.9. The fourth-order valence-corrected chi connectivity index (χ4v) is 8.93. The van der Waals surface area contributed by atoms with Crippen LogP contribution in [-0.2, 0) is 5.41 Å². The average Bonchev–Trinajstić information content (AvgIpc) is 3.64. The minimum Gasteiger partial charge on any atom is -0.377 e. The number of fused-ring (bicyclic) bond motifs is 4. The highest BCUT2D eigenvalue weighted by molar-refractivity contribution is 7.99. The maximum atomic E-state index is 3.99. The fourth-order valence-electron chi connectivity index (χ4n) is 7.88. The smallest absolute Gasteiger partial charge is 0.0649 e. The van der Waals surface area contributed by atoms with Gasteiger partial charge in [0.15, 0.2) is 0 Å². The molecule has 0 amide bonds. The van der Waals surface area contributed by atoms with Crippen molar-refractivity contribution in [2.45, 2.75) is 35.1 Å². The molecule has 1 aromatic heterocycles. The number of aromatic nitrogens is 1. The Balaban J connectivity index is 1.20. The van der Waals surface area contributed by atoms with Crippen LogP contribution in [0.5, 0.6) is 0 Å². The number of hydrogen-bond acceptors (Lipinski definition) is 2. The summed E-state index contributed by atoms with van der Waals surface area (Å²) in [7, 11) is 0. The van der Waals surface area contributed by atoms with Crippen LogP contribution in [0, 0.1) is 6.92 Å². The predicted octanol–water partition coefficient (Wildman–Crippen LogP) is 12.4. The Labute approximate surface area is 292 Å². The second kappa shape index (κ2) is 11.9. The van der Waals surface area contributed by atoms with Crippen molar-refractivity contribution in [1.29, 1.82) is 0 Å². The summed E-state index contributed by atoms with van der Waals surface area (Å²) < 4.78 is 2.45. The van der Waals surface area contributed by atoms with E-state index in [0.29, 0.717) is 0 Å². The molecule has 2 nitrogen and oxygen atoms in total. The molecular weight excluding hydrogens is 613 g/mol. The van der Waals surface area contributed by atoms with E-state index in [4.69, 9.17) is 0 Å². The Morgan fingerprint density at radius 2 is 1.29 bits per heavy atom. The van der Waals surface area contributed by atoms with Crippen molar-refractivity contribution in [2.75, 3.05) is 5.32 Å². The zero-order valence-electron chi connectivity index (χ0n) is 27.6. The third-order valence-corrected chi connectivity index (χ3v) is 11.6. The van der Waals surface area contributed by atoms with Gasteiger partial charge in [-0.05, 0) is 89.7 Å². The maximum absolute atomic E-state index is 3.99. The standard InChI is InChI=1S/C46H36N2S/c1-31-15-14-23-37(44(31)49-36-20-10-5-11-21-36)32-25-27-35(28-26-32)48-42-24-13-12-22-38(42)39-29-41-40(30-43(39)48)46(2,34-18-8-4-9-19-34)45(47-41)33-16-6-3-7-17-33/h3-30,45,47H,1-2H3. The number of hydrogen-bond donors (Lipinski definition) is 1. The number of rotatable bonds is 6. The van der Waals surface area contributed by atoms with E-state index in [1.807, 2.05) is 11.8 Å².